The van der Waals surface area contributed by atoms with E-state index in [-0.39, 0.29) is 24.8 Å². The minimum atomic E-state index is 0. The molecule has 1 aliphatic rings. The fourth-order valence-electron chi connectivity index (χ4n) is 2.20. The molecule has 1 saturated heterocycles. The predicted octanol–water partition coefficient (Wildman–Crippen LogP) is 1.75. The molecule has 2 heterocycles. The largest absolute Gasteiger partial charge is 0.314 e. The van der Waals surface area contributed by atoms with Gasteiger partial charge in [-0.2, -0.15) is 0 Å². The molecule has 0 unspecified atom stereocenters. The second-order valence-corrected chi connectivity index (χ2v) is 7.60. The molecule has 0 spiro atoms. The molecule has 0 atom stereocenters. The Morgan fingerprint density at radius 3 is 2.12 bits per heavy atom. The van der Waals surface area contributed by atoms with E-state index in [9.17, 15) is 0 Å². The summed E-state index contributed by atoms with van der Waals surface area (Å²) in [6.45, 7) is 9.73. The van der Waals surface area contributed by atoms with Crippen molar-refractivity contribution in [1.82, 2.24) is 25.8 Å². The molecule has 24 heavy (non-hydrogen) atoms. The average molecular weight is 414 g/mol. The van der Waals surface area contributed by atoms with Crippen LogP contribution >= 0.6 is 46.4 Å². The summed E-state index contributed by atoms with van der Waals surface area (Å²) in [5.74, 6) is 1.13. The van der Waals surface area contributed by atoms with Gasteiger partial charge in [-0.3, -0.25) is 4.90 Å². The van der Waals surface area contributed by atoms with Crippen molar-refractivity contribution in [2.24, 2.45) is 0 Å². The van der Waals surface area contributed by atoms with Crippen LogP contribution in [0.5, 0.6) is 0 Å². The Morgan fingerprint density at radius 2 is 1.54 bits per heavy atom. The van der Waals surface area contributed by atoms with Crippen molar-refractivity contribution < 1.29 is 0 Å². The molecule has 1 aromatic rings. The number of hydrogen-bond donors (Lipinski definition) is 3. The number of halogens is 2. The van der Waals surface area contributed by atoms with E-state index in [0.29, 0.717) is 0 Å². The van der Waals surface area contributed by atoms with Crippen molar-refractivity contribution in [2.45, 2.75) is 5.03 Å². The first kappa shape index (κ1) is 24.3. The molecular weight excluding hydrogens is 385 g/mol. The molecule has 0 saturated carbocycles. The summed E-state index contributed by atoms with van der Waals surface area (Å²) >= 11 is 0. The lowest BCUT2D eigenvalue weighted by Gasteiger charge is -2.23. The first-order valence-electron chi connectivity index (χ1n) is 8.00. The van der Waals surface area contributed by atoms with Crippen LogP contribution in [-0.2, 0) is 0 Å². The molecule has 0 aromatic carbocycles. The van der Waals surface area contributed by atoms with Crippen LogP contribution in [0.4, 0.5) is 0 Å². The van der Waals surface area contributed by atoms with Crippen molar-refractivity contribution in [3.8, 4) is 0 Å². The highest BCUT2D eigenvalue weighted by Crippen LogP contribution is 2.28. The van der Waals surface area contributed by atoms with Gasteiger partial charge in [0.2, 0.25) is 0 Å². The third kappa shape index (κ3) is 11.8. The zero-order valence-electron chi connectivity index (χ0n) is 13.9. The van der Waals surface area contributed by atoms with E-state index in [4.69, 9.17) is 0 Å². The summed E-state index contributed by atoms with van der Waals surface area (Å²) in [7, 11) is 3.66. The Balaban J connectivity index is 0.00000264. The maximum Gasteiger partial charge on any atom is 0.106 e. The standard InChI is InChI=1S/C15H27N5S2.2ClH/c1-2-4-19-15(3-1)22-21-14-13-20-11-9-17-7-5-16-6-8-18-10-12-20;;/h1-4,16-18H,5-14H2;2*1H. The quantitative estimate of drug-likeness (QED) is 0.501. The van der Waals surface area contributed by atoms with Gasteiger partial charge in [0.25, 0.3) is 0 Å². The summed E-state index contributed by atoms with van der Waals surface area (Å²) in [5, 5.41) is 11.5. The highest BCUT2D eigenvalue weighted by Gasteiger charge is 2.06. The lowest BCUT2D eigenvalue weighted by atomic mass is 10.4. The van der Waals surface area contributed by atoms with E-state index in [1.165, 1.54) is 0 Å². The number of pyridine rings is 1. The van der Waals surface area contributed by atoms with Gasteiger partial charge in [0.15, 0.2) is 0 Å². The number of rotatable bonds is 5. The Kier molecular flexibility index (Phi) is 16.9. The summed E-state index contributed by atoms with van der Waals surface area (Å²) in [6, 6.07) is 6.06. The number of nitrogens with one attached hydrogen (secondary N) is 3. The summed E-state index contributed by atoms with van der Waals surface area (Å²) in [5.41, 5.74) is 0. The molecule has 1 fully saturated rings. The number of aromatic nitrogens is 1. The van der Waals surface area contributed by atoms with Gasteiger partial charge in [0.05, 0.1) is 0 Å². The smallest absolute Gasteiger partial charge is 0.106 e. The van der Waals surface area contributed by atoms with E-state index >= 15 is 0 Å². The molecule has 1 aliphatic heterocycles. The highest BCUT2D eigenvalue weighted by molar-refractivity contribution is 8.76. The van der Waals surface area contributed by atoms with Crippen LogP contribution in [0.1, 0.15) is 0 Å². The first-order chi connectivity index (χ1) is 10.9. The van der Waals surface area contributed by atoms with Gasteiger partial charge in [-0.05, 0) is 22.9 Å². The number of nitrogens with zero attached hydrogens (tertiary/aromatic N) is 2. The monoisotopic (exact) mass is 413 g/mol. The van der Waals surface area contributed by atoms with Gasteiger partial charge in [-0.25, -0.2) is 4.98 Å². The SMILES string of the molecule is Cl.Cl.c1ccc(SSCCN2CCNCCNCCNCC2)nc1. The lowest BCUT2D eigenvalue weighted by Crippen LogP contribution is -2.42. The molecule has 2 rings (SSSR count). The van der Waals surface area contributed by atoms with Crippen molar-refractivity contribution in [3.63, 3.8) is 0 Å². The summed E-state index contributed by atoms with van der Waals surface area (Å²) in [4.78, 5) is 6.88. The Bertz CT molecular complexity index is 377. The fraction of sp³-hybridized carbons (Fsp3) is 0.667. The normalized spacial score (nSPS) is 17.7. The summed E-state index contributed by atoms with van der Waals surface area (Å²) in [6.07, 6.45) is 1.85. The summed E-state index contributed by atoms with van der Waals surface area (Å²) < 4.78 is 0. The Labute approximate surface area is 166 Å². The molecule has 0 amide bonds. The van der Waals surface area contributed by atoms with Gasteiger partial charge < -0.3 is 16.0 Å². The fourth-order valence-corrected chi connectivity index (χ4v) is 4.11. The van der Waals surface area contributed by atoms with E-state index < -0.39 is 0 Å². The predicted molar refractivity (Wildman–Crippen MR) is 112 cm³/mol. The van der Waals surface area contributed by atoms with Gasteiger partial charge in [-0.15, -0.1) is 24.8 Å². The van der Waals surface area contributed by atoms with Crippen molar-refractivity contribution >= 4 is 46.4 Å². The highest BCUT2D eigenvalue weighted by atomic mass is 35.5. The van der Waals surface area contributed by atoms with E-state index in [1.54, 1.807) is 10.8 Å². The van der Waals surface area contributed by atoms with Gasteiger partial charge in [0, 0.05) is 70.9 Å². The molecule has 3 N–H and O–H groups in total. The van der Waals surface area contributed by atoms with Crippen LogP contribution < -0.4 is 16.0 Å². The molecule has 9 heteroatoms. The number of hydrogen-bond acceptors (Lipinski definition) is 7. The van der Waals surface area contributed by atoms with Crippen LogP contribution in [0.3, 0.4) is 0 Å². The molecule has 0 bridgehead atoms. The van der Waals surface area contributed by atoms with Gasteiger partial charge in [-0.1, -0.05) is 16.9 Å². The second-order valence-electron chi connectivity index (χ2n) is 5.16. The topological polar surface area (TPSA) is 52.2 Å². The van der Waals surface area contributed by atoms with Crippen molar-refractivity contribution in [3.05, 3.63) is 24.4 Å². The maximum atomic E-state index is 4.34. The van der Waals surface area contributed by atoms with E-state index in [2.05, 4.69) is 31.9 Å². The van der Waals surface area contributed by atoms with Gasteiger partial charge in [0.1, 0.15) is 5.03 Å². The average Bonchev–Trinajstić information content (AvgIpc) is 2.54. The first-order valence-corrected chi connectivity index (χ1v) is 10.3. The van der Waals surface area contributed by atoms with Crippen LogP contribution in [0.25, 0.3) is 0 Å². The molecule has 5 nitrogen and oxygen atoms in total. The van der Waals surface area contributed by atoms with Gasteiger partial charge >= 0.3 is 0 Å². The molecule has 1 aromatic heterocycles. The second kappa shape index (κ2) is 16.7. The van der Waals surface area contributed by atoms with Crippen LogP contribution in [0.15, 0.2) is 29.4 Å². The minimum absolute atomic E-state index is 0. The zero-order chi connectivity index (χ0) is 15.3. The Hall–Kier alpha value is 0.270. The van der Waals surface area contributed by atoms with Crippen molar-refractivity contribution in [2.75, 3.05) is 64.7 Å². The van der Waals surface area contributed by atoms with Crippen molar-refractivity contribution in [1.29, 1.82) is 0 Å². The molecular formula is C15H29Cl2N5S2. The van der Waals surface area contributed by atoms with E-state index in [0.717, 1.165) is 69.7 Å². The molecule has 0 radical (unpaired) electrons. The van der Waals surface area contributed by atoms with Crippen LogP contribution in [0, 0.1) is 0 Å². The van der Waals surface area contributed by atoms with Crippen LogP contribution in [-0.4, -0.2) is 74.5 Å². The Morgan fingerprint density at radius 1 is 0.917 bits per heavy atom. The molecule has 0 aliphatic carbocycles. The minimum Gasteiger partial charge on any atom is -0.314 e. The zero-order valence-corrected chi connectivity index (χ0v) is 17.2. The maximum absolute atomic E-state index is 4.34. The third-order valence-corrected chi connectivity index (χ3v) is 5.68. The third-order valence-electron chi connectivity index (χ3n) is 3.44. The molecule has 140 valence electrons. The van der Waals surface area contributed by atoms with Crippen LogP contribution in [0.2, 0.25) is 0 Å². The lowest BCUT2D eigenvalue weighted by molar-refractivity contribution is 0.287. The van der Waals surface area contributed by atoms with E-state index in [1.807, 2.05) is 29.1 Å².